The monoisotopic (exact) mass is 458 g/mol. The number of hydrogen-bond acceptors (Lipinski definition) is 0. The SMILES string of the molecule is CCCCc1ccc(C2CCC(CCc3ccc(CCc4ccc(Cl)cc4)cc3)CC2)cc1. The third-order valence-electron chi connectivity index (χ3n) is 7.60. The highest BCUT2D eigenvalue weighted by Crippen LogP contribution is 2.37. The number of rotatable bonds is 10. The molecular weight excluding hydrogens is 420 g/mol. The molecule has 0 aliphatic heterocycles. The van der Waals surface area contributed by atoms with Gasteiger partial charge in [-0.1, -0.05) is 85.6 Å². The topological polar surface area (TPSA) is 0 Å². The van der Waals surface area contributed by atoms with E-state index in [9.17, 15) is 0 Å². The second kappa shape index (κ2) is 12.4. The van der Waals surface area contributed by atoms with Gasteiger partial charge in [-0.3, -0.25) is 0 Å². The van der Waals surface area contributed by atoms with Crippen LogP contribution in [0.5, 0.6) is 0 Å². The van der Waals surface area contributed by atoms with E-state index in [0.29, 0.717) is 0 Å². The summed E-state index contributed by atoms with van der Waals surface area (Å²) >= 11 is 5.99. The second-order valence-corrected chi connectivity index (χ2v) is 10.5. The van der Waals surface area contributed by atoms with Gasteiger partial charge in [-0.15, -0.1) is 0 Å². The highest BCUT2D eigenvalue weighted by atomic mass is 35.5. The zero-order valence-corrected chi connectivity index (χ0v) is 21.0. The van der Waals surface area contributed by atoms with Gasteiger partial charge in [0.25, 0.3) is 0 Å². The van der Waals surface area contributed by atoms with E-state index in [4.69, 9.17) is 11.6 Å². The summed E-state index contributed by atoms with van der Waals surface area (Å²) in [4.78, 5) is 0. The van der Waals surface area contributed by atoms with Crippen molar-refractivity contribution in [3.63, 3.8) is 0 Å². The van der Waals surface area contributed by atoms with Gasteiger partial charge in [0.15, 0.2) is 0 Å². The predicted octanol–water partition coefficient (Wildman–Crippen LogP) is 9.37. The number of halogens is 1. The van der Waals surface area contributed by atoms with Crippen LogP contribution in [0.2, 0.25) is 5.02 Å². The predicted molar refractivity (Wildman–Crippen MR) is 143 cm³/mol. The molecule has 0 amide bonds. The Kier molecular flexibility index (Phi) is 9.07. The van der Waals surface area contributed by atoms with Crippen molar-refractivity contribution >= 4 is 11.6 Å². The average Bonchev–Trinajstić information content (AvgIpc) is 2.87. The summed E-state index contributed by atoms with van der Waals surface area (Å²) in [5.41, 5.74) is 7.35. The minimum atomic E-state index is 0.779. The van der Waals surface area contributed by atoms with E-state index < -0.39 is 0 Å². The Morgan fingerprint density at radius 3 is 1.67 bits per heavy atom. The molecule has 1 aliphatic carbocycles. The summed E-state index contributed by atoms with van der Waals surface area (Å²) in [6, 6.07) is 27.1. The van der Waals surface area contributed by atoms with Crippen LogP contribution in [-0.2, 0) is 25.7 Å². The largest absolute Gasteiger partial charge is 0.0843 e. The molecule has 1 fully saturated rings. The van der Waals surface area contributed by atoms with Gasteiger partial charge in [-0.05, 0) is 116 Å². The first-order valence-corrected chi connectivity index (χ1v) is 13.5. The van der Waals surface area contributed by atoms with Gasteiger partial charge >= 0.3 is 0 Å². The molecule has 0 N–H and O–H groups in total. The summed E-state index contributed by atoms with van der Waals surface area (Å²) in [6.07, 6.45) is 14.0. The van der Waals surface area contributed by atoms with Crippen molar-refractivity contribution in [2.24, 2.45) is 5.92 Å². The van der Waals surface area contributed by atoms with Gasteiger partial charge in [-0.25, -0.2) is 0 Å². The molecule has 0 saturated heterocycles. The van der Waals surface area contributed by atoms with Crippen LogP contribution in [0.25, 0.3) is 0 Å². The number of unbranched alkanes of at least 4 members (excludes halogenated alkanes) is 1. The van der Waals surface area contributed by atoms with E-state index in [0.717, 1.165) is 29.7 Å². The second-order valence-electron chi connectivity index (χ2n) is 10.0. The zero-order chi connectivity index (χ0) is 22.9. The first kappa shape index (κ1) is 24.1. The lowest BCUT2D eigenvalue weighted by atomic mass is 9.77. The molecule has 33 heavy (non-hydrogen) atoms. The van der Waals surface area contributed by atoms with Crippen LogP contribution >= 0.6 is 11.6 Å². The summed E-state index contributed by atoms with van der Waals surface area (Å²) < 4.78 is 0. The van der Waals surface area contributed by atoms with Gasteiger partial charge in [0.1, 0.15) is 0 Å². The van der Waals surface area contributed by atoms with Crippen molar-refractivity contribution in [3.05, 3.63) is 106 Å². The average molecular weight is 459 g/mol. The van der Waals surface area contributed by atoms with Gasteiger partial charge in [0.2, 0.25) is 0 Å². The van der Waals surface area contributed by atoms with E-state index in [2.05, 4.69) is 67.6 Å². The first-order chi connectivity index (χ1) is 16.2. The Morgan fingerprint density at radius 1 is 0.606 bits per heavy atom. The normalized spacial score (nSPS) is 18.4. The Balaban J connectivity index is 1.17. The quantitative estimate of drug-likeness (QED) is 0.283. The summed E-state index contributed by atoms with van der Waals surface area (Å²) in [5, 5.41) is 0.813. The summed E-state index contributed by atoms with van der Waals surface area (Å²) in [6.45, 7) is 2.27. The van der Waals surface area contributed by atoms with Gasteiger partial charge < -0.3 is 0 Å². The Hall–Kier alpha value is -2.05. The van der Waals surface area contributed by atoms with Crippen molar-refractivity contribution in [2.75, 3.05) is 0 Å². The Bertz CT molecular complexity index is 945. The first-order valence-electron chi connectivity index (χ1n) is 13.1. The van der Waals surface area contributed by atoms with Crippen LogP contribution < -0.4 is 0 Å². The van der Waals surface area contributed by atoms with Crippen LogP contribution in [0.15, 0.2) is 72.8 Å². The van der Waals surface area contributed by atoms with Crippen LogP contribution in [0.3, 0.4) is 0 Å². The lowest BCUT2D eigenvalue weighted by molar-refractivity contribution is 0.310. The van der Waals surface area contributed by atoms with Crippen LogP contribution in [-0.4, -0.2) is 0 Å². The fourth-order valence-corrected chi connectivity index (χ4v) is 5.43. The van der Waals surface area contributed by atoms with Crippen LogP contribution in [0.4, 0.5) is 0 Å². The highest BCUT2D eigenvalue weighted by molar-refractivity contribution is 6.30. The van der Waals surface area contributed by atoms with E-state index in [1.54, 1.807) is 5.56 Å². The van der Waals surface area contributed by atoms with Crippen LogP contribution in [0, 0.1) is 5.92 Å². The van der Waals surface area contributed by atoms with E-state index in [-0.39, 0.29) is 0 Å². The molecule has 0 bridgehead atoms. The lowest BCUT2D eigenvalue weighted by Gasteiger charge is -2.29. The number of aryl methyl sites for hydroxylation is 4. The smallest absolute Gasteiger partial charge is 0.0406 e. The number of hydrogen-bond donors (Lipinski definition) is 0. The van der Waals surface area contributed by atoms with Gasteiger partial charge in [0, 0.05) is 5.02 Å². The molecule has 0 heterocycles. The Labute approximate surface area is 206 Å². The van der Waals surface area contributed by atoms with E-state index >= 15 is 0 Å². The fraction of sp³-hybridized carbons (Fsp3) is 0.438. The van der Waals surface area contributed by atoms with Crippen molar-refractivity contribution in [2.45, 2.75) is 83.5 Å². The van der Waals surface area contributed by atoms with Crippen molar-refractivity contribution < 1.29 is 0 Å². The van der Waals surface area contributed by atoms with Crippen LogP contribution in [0.1, 0.15) is 85.6 Å². The molecule has 1 aliphatic rings. The van der Waals surface area contributed by atoms with Crippen molar-refractivity contribution in [1.29, 1.82) is 0 Å². The van der Waals surface area contributed by atoms with Gasteiger partial charge in [0.05, 0.1) is 0 Å². The fourth-order valence-electron chi connectivity index (χ4n) is 5.30. The van der Waals surface area contributed by atoms with E-state index in [1.807, 2.05) is 12.1 Å². The zero-order valence-electron chi connectivity index (χ0n) is 20.2. The molecule has 4 rings (SSSR count). The molecule has 174 valence electrons. The molecule has 0 spiro atoms. The van der Waals surface area contributed by atoms with Crippen molar-refractivity contribution in [1.82, 2.24) is 0 Å². The molecular formula is C32H39Cl. The number of benzene rings is 3. The molecule has 0 radical (unpaired) electrons. The molecule has 3 aromatic rings. The minimum absolute atomic E-state index is 0.779. The molecule has 0 aromatic heterocycles. The maximum Gasteiger partial charge on any atom is 0.0406 e. The molecule has 1 saturated carbocycles. The van der Waals surface area contributed by atoms with Gasteiger partial charge in [-0.2, -0.15) is 0 Å². The Morgan fingerprint density at radius 2 is 1.09 bits per heavy atom. The highest BCUT2D eigenvalue weighted by Gasteiger charge is 2.22. The molecule has 3 aromatic carbocycles. The maximum absolute atomic E-state index is 5.99. The van der Waals surface area contributed by atoms with Crippen molar-refractivity contribution in [3.8, 4) is 0 Å². The molecule has 1 heteroatoms. The summed E-state index contributed by atoms with van der Waals surface area (Å²) in [7, 11) is 0. The summed E-state index contributed by atoms with van der Waals surface area (Å²) in [5.74, 6) is 1.68. The lowest BCUT2D eigenvalue weighted by Crippen LogP contribution is -2.14. The third-order valence-corrected chi connectivity index (χ3v) is 7.85. The molecule has 0 unspecified atom stereocenters. The molecule has 0 atom stereocenters. The molecule has 0 nitrogen and oxygen atoms in total. The van der Waals surface area contributed by atoms with E-state index in [1.165, 1.54) is 80.0 Å². The minimum Gasteiger partial charge on any atom is -0.0843 e. The standard InChI is InChI=1S/C32H39Cl/c1-2-3-4-25-13-19-30(20-14-25)31-21-15-28(16-22-31)11-9-26-5-7-27(8-6-26)10-12-29-17-23-32(33)24-18-29/h5-8,13-14,17-20,23-24,28,31H,2-4,9-12,15-16,21-22H2,1H3. The third kappa shape index (κ3) is 7.47. The maximum atomic E-state index is 5.99.